The van der Waals surface area contributed by atoms with Gasteiger partial charge in [0.2, 0.25) is 0 Å². The van der Waals surface area contributed by atoms with Crippen LogP contribution in [0.1, 0.15) is 12.5 Å². The maximum absolute atomic E-state index is 12.3. The molecule has 1 atom stereocenters. The summed E-state index contributed by atoms with van der Waals surface area (Å²) in [7, 11) is 1.56. The summed E-state index contributed by atoms with van der Waals surface area (Å²) in [5.74, 6) is -0.286. The molecule has 1 amide bonds. The Bertz CT molecular complexity index is 971. The molecule has 2 aromatic carbocycles. The first-order chi connectivity index (χ1) is 13.5. The summed E-state index contributed by atoms with van der Waals surface area (Å²) < 4.78 is 10.6. The fourth-order valence-electron chi connectivity index (χ4n) is 2.40. The molecule has 1 unspecified atom stereocenters. The molecule has 2 N–H and O–H groups in total. The number of thioether (sulfide) groups is 1. The molecule has 0 saturated carbocycles. The van der Waals surface area contributed by atoms with Gasteiger partial charge in [-0.05, 0) is 54.6 Å². The van der Waals surface area contributed by atoms with Crippen LogP contribution < -0.4 is 14.8 Å². The van der Waals surface area contributed by atoms with Crippen molar-refractivity contribution in [2.45, 2.75) is 13.0 Å². The van der Waals surface area contributed by atoms with E-state index in [0.717, 1.165) is 0 Å². The minimum absolute atomic E-state index is 0.260. The maximum Gasteiger partial charge on any atom is 0.344 e. The first kappa shape index (κ1) is 19.5. The maximum atomic E-state index is 12.3. The number of carbonyl (C=O) groups is 2. The van der Waals surface area contributed by atoms with Gasteiger partial charge in [0.1, 0.15) is 17.2 Å². The zero-order valence-corrected chi connectivity index (χ0v) is 16.0. The normalized spacial score (nSPS) is 17.4. The number of nitrogens with one attached hydrogen (secondary N) is 1. The SMILES string of the molecule is COc1ccccc1N=C1NC(=O)/C(=C\c2cccc(OC(C)C(=O)O)c2)S1. The monoisotopic (exact) mass is 398 g/mol. The second kappa shape index (κ2) is 8.62. The van der Waals surface area contributed by atoms with Gasteiger partial charge >= 0.3 is 5.97 Å². The number of carboxylic acids is 1. The number of aliphatic carboxylic acids is 1. The molecule has 1 fully saturated rings. The lowest BCUT2D eigenvalue weighted by Gasteiger charge is -2.10. The summed E-state index contributed by atoms with van der Waals surface area (Å²) in [5.41, 5.74) is 1.33. The summed E-state index contributed by atoms with van der Waals surface area (Å²) in [5, 5.41) is 12.1. The lowest BCUT2D eigenvalue weighted by atomic mass is 10.2. The number of para-hydroxylation sites is 2. The van der Waals surface area contributed by atoms with E-state index in [1.165, 1.54) is 18.7 Å². The van der Waals surface area contributed by atoms with E-state index < -0.39 is 12.1 Å². The largest absolute Gasteiger partial charge is 0.494 e. The van der Waals surface area contributed by atoms with Crippen LogP contribution >= 0.6 is 11.8 Å². The van der Waals surface area contributed by atoms with Crippen LogP contribution in [0.4, 0.5) is 5.69 Å². The molecular formula is C20H18N2O5S. The second-order valence-electron chi connectivity index (χ2n) is 5.82. The molecule has 8 heteroatoms. The van der Waals surface area contributed by atoms with Gasteiger partial charge in [0.05, 0.1) is 12.0 Å². The number of hydrogen-bond acceptors (Lipinski definition) is 6. The number of ether oxygens (including phenoxy) is 2. The summed E-state index contributed by atoms with van der Waals surface area (Å²) in [6.45, 7) is 1.45. The van der Waals surface area contributed by atoms with Gasteiger partial charge in [-0.15, -0.1) is 0 Å². The van der Waals surface area contributed by atoms with Crippen molar-refractivity contribution >= 4 is 40.6 Å². The van der Waals surface area contributed by atoms with Crippen LogP contribution in [0, 0.1) is 0 Å². The molecule has 0 aromatic heterocycles. The van der Waals surface area contributed by atoms with Crippen LogP contribution in [0.5, 0.6) is 11.5 Å². The van der Waals surface area contributed by atoms with Crippen molar-refractivity contribution in [2.75, 3.05) is 7.11 Å². The molecule has 144 valence electrons. The van der Waals surface area contributed by atoms with E-state index in [2.05, 4.69) is 10.3 Å². The quantitative estimate of drug-likeness (QED) is 0.724. The fraction of sp³-hybridized carbons (Fsp3) is 0.150. The fourth-order valence-corrected chi connectivity index (χ4v) is 3.23. The highest BCUT2D eigenvalue weighted by Gasteiger charge is 2.24. The van der Waals surface area contributed by atoms with Crippen molar-refractivity contribution in [2.24, 2.45) is 4.99 Å². The number of carbonyl (C=O) groups excluding carboxylic acids is 1. The zero-order valence-electron chi connectivity index (χ0n) is 15.2. The van der Waals surface area contributed by atoms with Gasteiger partial charge in [-0.3, -0.25) is 4.79 Å². The third kappa shape index (κ3) is 4.72. The molecule has 2 aromatic rings. The average molecular weight is 398 g/mol. The highest BCUT2D eigenvalue weighted by atomic mass is 32.2. The third-order valence-corrected chi connectivity index (χ3v) is 4.68. The smallest absolute Gasteiger partial charge is 0.344 e. The minimum Gasteiger partial charge on any atom is -0.494 e. The molecule has 0 bridgehead atoms. The molecule has 3 rings (SSSR count). The number of benzene rings is 2. The van der Waals surface area contributed by atoms with Gasteiger partial charge in [0.15, 0.2) is 11.3 Å². The van der Waals surface area contributed by atoms with E-state index in [9.17, 15) is 9.59 Å². The van der Waals surface area contributed by atoms with E-state index in [1.807, 2.05) is 12.1 Å². The Morgan fingerprint density at radius 2 is 2.04 bits per heavy atom. The van der Waals surface area contributed by atoms with E-state index in [0.29, 0.717) is 32.8 Å². The first-order valence-electron chi connectivity index (χ1n) is 8.38. The van der Waals surface area contributed by atoms with E-state index >= 15 is 0 Å². The van der Waals surface area contributed by atoms with Crippen molar-refractivity contribution in [3.8, 4) is 11.5 Å². The topological polar surface area (TPSA) is 97.2 Å². The number of hydrogen-bond donors (Lipinski definition) is 2. The van der Waals surface area contributed by atoms with Crippen molar-refractivity contribution in [1.82, 2.24) is 5.32 Å². The summed E-state index contributed by atoms with van der Waals surface area (Å²) in [6, 6.07) is 14.1. The van der Waals surface area contributed by atoms with Crippen LogP contribution in [0.3, 0.4) is 0 Å². The van der Waals surface area contributed by atoms with Gasteiger partial charge in [-0.2, -0.15) is 0 Å². The Balaban J connectivity index is 1.79. The molecular weight excluding hydrogens is 380 g/mol. The molecule has 0 radical (unpaired) electrons. The van der Waals surface area contributed by atoms with Gasteiger partial charge in [0.25, 0.3) is 5.91 Å². The zero-order chi connectivity index (χ0) is 20.1. The number of nitrogens with zero attached hydrogens (tertiary/aromatic N) is 1. The standard InChI is InChI=1S/C20H18N2O5S/c1-12(19(24)25)27-14-7-5-6-13(10-14)11-17-18(23)22-20(28-17)21-15-8-3-4-9-16(15)26-2/h3-12H,1-2H3,(H,24,25)(H,21,22,23)/b17-11+. The molecule has 1 aliphatic rings. The van der Waals surface area contributed by atoms with E-state index in [-0.39, 0.29) is 5.91 Å². The van der Waals surface area contributed by atoms with Crippen molar-refractivity contribution < 1.29 is 24.2 Å². The lowest BCUT2D eigenvalue weighted by molar-refractivity contribution is -0.144. The van der Waals surface area contributed by atoms with Crippen molar-refractivity contribution in [3.63, 3.8) is 0 Å². The Labute approximate surface area is 166 Å². The van der Waals surface area contributed by atoms with E-state index in [1.54, 1.807) is 49.6 Å². The van der Waals surface area contributed by atoms with Gasteiger partial charge in [0, 0.05) is 0 Å². The molecule has 7 nitrogen and oxygen atoms in total. The number of aliphatic imine (C=N–C) groups is 1. The number of rotatable bonds is 6. The first-order valence-corrected chi connectivity index (χ1v) is 9.20. The average Bonchev–Trinajstić information content (AvgIpc) is 3.01. The molecule has 1 aliphatic heterocycles. The molecule has 1 heterocycles. The molecule has 28 heavy (non-hydrogen) atoms. The van der Waals surface area contributed by atoms with Crippen molar-refractivity contribution in [3.05, 3.63) is 59.0 Å². The molecule has 1 saturated heterocycles. The van der Waals surface area contributed by atoms with Crippen molar-refractivity contribution in [1.29, 1.82) is 0 Å². The molecule has 0 spiro atoms. The summed E-state index contributed by atoms with van der Waals surface area (Å²) in [4.78, 5) is 28.1. The van der Waals surface area contributed by atoms with Gasteiger partial charge in [-0.25, -0.2) is 9.79 Å². The van der Waals surface area contributed by atoms with E-state index in [4.69, 9.17) is 14.6 Å². The summed E-state index contributed by atoms with van der Waals surface area (Å²) in [6.07, 6.45) is 0.731. The predicted octanol–water partition coefficient (Wildman–Crippen LogP) is 3.44. The Kier molecular flexibility index (Phi) is 6.00. The summed E-state index contributed by atoms with van der Waals surface area (Å²) >= 11 is 1.21. The number of amides is 1. The Morgan fingerprint density at radius 1 is 1.25 bits per heavy atom. The van der Waals surface area contributed by atoms with Crippen LogP contribution in [0.25, 0.3) is 6.08 Å². The highest BCUT2D eigenvalue weighted by molar-refractivity contribution is 8.18. The lowest BCUT2D eigenvalue weighted by Crippen LogP contribution is -2.22. The predicted molar refractivity (Wildman–Crippen MR) is 108 cm³/mol. The van der Waals surface area contributed by atoms with Gasteiger partial charge < -0.3 is 19.9 Å². The Hall–Kier alpha value is -3.26. The van der Waals surface area contributed by atoms with Crippen LogP contribution in [0.2, 0.25) is 0 Å². The third-order valence-electron chi connectivity index (χ3n) is 3.77. The minimum atomic E-state index is -1.05. The Morgan fingerprint density at radius 3 is 2.79 bits per heavy atom. The number of carboxylic acid groups (broad SMARTS) is 1. The number of amidine groups is 1. The van der Waals surface area contributed by atoms with Gasteiger partial charge in [-0.1, -0.05) is 24.3 Å². The highest BCUT2D eigenvalue weighted by Crippen LogP contribution is 2.32. The number of methoxy groups -OCH3 is 1. The second-order valence-corrected chi connectivity index (χ2v) is 6.86. The van der Waals surface area contributed by atoms with Crippen LogP contribution in [-0.4, -0.2) is 35.4 Å². The molecule has 0 aliphatic carbocycles. The van der Waals surface area contributed by atoms with Crippen LogP contribution in [0.15, 0.2) is 58.4 Å². The van der Waals surface area contributed by atoms with Crippen LogP contribution in [-0.2, 0) is 9.59 Å².